The number of ether oxygens (including phenoxy) is 1. The second kappa shape index (κ2) is 7.04. The van der Waals surface area contributed by atoms with Gasteiger partial charge in [-0.05, 0) is 43.7 Å². The maximum absolute atomic E-state index is 12.2. The number of benzene rings is 1. The monoisotopic (exact) mass is 300 g/mol. The lowest BCUT2D eigenvalue weighted by molar-refractivity contribution is 0.0851. The highest BCUT2D eigenvalue weighted by Crippen LogP contribution is 2.20. The van der Waals surface area contributed by atoms with Crippen LogP contribution in [0.1, 0.15) is 34.6 Å². The second-order valence-corrected chi connectivity index (χ2v) is 5.12. The summed E-state index contributed by atoms with van der Waals surface area (Å²) < 4.78 is 5.09. The Hall–Kier alpha value is -2.40. The minimum absolute atomic E-state index is 0.245. The van der Waals surface area contributed by atoms with E-state index in [1.807, 2.05) is 0 Å². The molecule has 0 saturated heterocycles. The minimum Gasteiger partial charge on any atom is -0.497 e. The normalized spacial score (nSPS) is 13.3. The van der Waals surface area contributed by atoms with Gasteiger partial charge in [-0.2, -0.15) is 0 Å². The molecule has 1 heterocycles. The summed E-state index contributed by atoms with van der Waals surface area (Å²) in [6.07, 6.45) is 0.841. The molecule has 0 aliphatic carbocycles. The highest BCUT2D eigenvalue weighted by atomic mass is 16.5. The Morgan fingerprint density at radius 1 is 1.27 bits per heavy atom. The molecular formula is C17H20N2O3. The summed E-state index contributed by atoms with van der Waals surface area (Å²) in [4.78, 5) is 16.3. The number of carbonyl (C=O) groups excluding carboxylic acids is 1. The van der Waals surface area contributed by atoms with Crippen molar-refractivity contribution in [2.45, 2.75) is 26.0 Å². The number of amides is 1. The molecule has 2 unspecified atom stereocenters. The van der Waals surface area contributed by atoms with Crippen LogP contribution in [-0.4, -0.2) is 29.1 Å². The van der Waals surface area contributed by atoms with Crippen LogP contribution in [0.25, 0.3) is 0 Å². The van der Waals surface area contributed by atoms with Crippen LogP contribution in [0.3, 0.4) is 0 Å². The Balaban J connectivity index is 2.06. The molecule has 2 rings (SSSR count). The fourth-order valence-corrected chi connectivity index (χ4v) is 2.18. The Morgan fingerprint density at radius 3 is 2.55 bits per heavy atom. The van der Waals surface area contributed by atoms with Crippen LogP contribution in [0.2, 0.25) is 0 Å². The van der Waals surface area contributed by atoms with Gasteiger partial charge in [0.05, 0.1) is 24.8 Å². The van der Waals surface area contributed by atoms with Gasteiger partial charge in [0.1, 0.15) is 5.75 Å². The summed E-state index contributed by atoms with van der Waals surface area (Å²) in [5, 5.41) is 13.2. The molecule has 0 bridgehead atoms. The van der Waals surface area contributed by atoms with Crippen LogP contribution < -0.4 is 10.1 Å². The molecule has 0 saturated carbocycles. The first-order valence-electron chi connectivity index (χ1n) is 7.07. The van der Waals surface area contributed by atoms with Crippen molar-refractivity contribution in [1.82, 2.24) is 10.3 Å². The summed E-state index contributed by atoms with van der Waals surface area (Å²) in [7, 11) is 1.59. The average molecular weight is 300 g/mol. The van der Waals surface area contributed by atoms with E-state index < -0.39 is 12.1 Å². The van der Waals surface area contributed by atoms with E-state index in [2.05, 4.69) is 10.3 Å². The zero-order valence-electron chi connectivity index (χ0n) is 12.9. The molecule has 2 aromatic rings. The fourth-order valence-electron chi connectivity index (χ4n) is 2.18. The Bertz CT molecular complexity index is 641. The number of hydrogen-bond acceptors (Lipinski definition) is 4. The number of pyridine rings is 1. The van der Waals surface area contributed by atoms with Gasteiger partial charge in [0, 0.05) is 11.9 Å². The maximum Gasteiger partial charge on any atom is 0.253 e. The first kappa shape index (κ1) is 16.0. The SMILES string of the molecule is COc1ccc(C(O)C(C)NC(=O)c2cccnc2C)cc1. The van der Waals surface area contributed by atoms with Gasteiger partial charge < -0.3 is 15.2 Å². The van der Waals surface area contributed by atoms with Crippen molar-refractivity contribution in [3.05, 3.63) is 59.4 Å². The van der Waals surface area contributed by atoms with E-state index in [1.54, 1.807) is 63.6 Å². The van der Waals surface area contributed by atoms with E-state index in [9.17, 15) is 9.90 Å². The number of nitrogens with one attached hydrogen (secondary N) is 1. The fraction of sp³-hybridized carbons (Fsp3) is 0.294. The van der Waals surface area contributed by atoms with Crippen molar-refractivity contribution >= 4 is 5.91 Å². The van der Waals surface area contributed by atoms with Crippen molar-refractivity contribution in [1.29, 1.82) is 0 Å². The Kier molecular flexibility index (Phi) is 5.12. The van der Waals surface area contributed by atoms with E-state index >= 15 is 0 Å². The summed E-state index contributed by atoms with van der Waals surface area (Å²) in [5.41, 5.74) is 1.89. The zero-order valence-corrected chi connectivity index (χ0v) is 12.9. The van der Waals surface area contributed by atoms with Gasteiger partial charge in [0.15, 0.2) is 0 Å². The number of rotatable bonds is 5. The number of nitrogens with zero attached hydrogens (tertiary/aromatic N) is 1. The smallest absolute Gasteiger partial charge is 0.253 e. The molecule has 116 valence electrons. The maximum atomic E-state index is 12.2. The molecule has 5 nitrogen and oxygen atoms in total. The lowest BCUT2D eigenvalue weighted by atomic mass is 10.0. The molecule has 1 amide bonds. The highest BCUT2D eigenvalue weighted by molar-refractivity contribution is 5.95. The lowest BCUT2D eigenvalue weighted by Gasteiger charge is -2.21. The third-order valence-corrected chi connectivity index (χ3v) is 3.54. The largest absolute Gasteiger partial charge is 0.497 e. The molecule has 1 aromatic heterocycles. The number of hydrogen-bond donors (Lipinski definition) is 2. The number of aryl methyl sites for hydroxylation is 1. The van der Waals surface area contributed by atoms with Crippen LogP contribution in [0.4, 0.5) is 0 Å². The standard InChI is InChI=1S/C17H20N2O3/c1-11-15(5-4-10-18-11)17(21)19-12(2)16(20)13-6-8-14(22-3)9-7-13/h4-10,12,16,20H,1-3H3,(H,19,21). The van der Waals surface area contributed by atoms with Crippen LogP contribution >= 0.6 is 0 Å². The lowest BCUT2D eigenvalue weighted by Crippen LogP contribution is -2.37. The first-order valence-corrected chi connectivity index (χ1v) is 7.07. The zero-order chi connectivity index (χ0) is 16.1. The van der Waals surface area contributed by atoms with Gasteiger partial charge in [-0.3, -0.25) is 9.78 Å². The van der Waals surface area contributed by atoms with Crippen molar-refractivity contribution in [3.63, 3.8) is 0 Å². The number of carbonyl (C=O) groups is 1. The third-order valence-electron chi connectivity index (χ3n) is 3.54. The van der Waals surface area contributed by atoms with Gasteiger partial charge >= 0.3 is 0 Å². The molecule has 0 spiro atoms. The highest BCUT2D eigenvalue weighted by Gasteiger charge is 2.20. The van der Waals surface area contributed by atoms with Crippen molar-refractivity contribution in [3.8, 4) is 5.75 Å². The van der Waals surface area contributed by atoms with Gasteiger partial charge in [0.2, 0.25) is 0 Å². The van der Waals surface area contributed by atoms with E-state index in [-0.39, 0.29) is 5.91 Å². The molecule has 5 heteroatoms. The van der Waals surface area contributed by atoms with Crippen LogP contribution in [0, 0.1) is 6.92 Å². The molecular weight excluding hydrogens is 280 g/mol. The summed E-state index contributed by atoms with van der Waals surface area (Å²) in [6.45, 7) is 3.54. The van der Waals surface area contributed by atoms with Gasteiger partial charge in [0.25, 0.3) is 5.91 Å². The quantitative estimate of drug-likeness (QED) is 0.888. The predicted molar refractivity (Wildman–Crippen MR) is 83.9 cm³/mol. The second-order valence-electron chi connectivity index (χ2n) is 5.12. The predicted octanol–water partition coefficient (Wildman–Crippen LogP) is 2.25. The molecule has 1 aromatic carbocycles. The van der Waals surface area contributed by atoms with Crippen LogP contribution in [0.5, 0.6) is 5.75 Å². The van der Waals surface area contributed by atoms with Crippen molar-refractivity contribution < 1.29 is 14.6 Å². The van der Waals surface area contributed by atoms with Gasteiger partial charge in [-0.15, -0.1) is 0 Å². The average Bonchev–Trinajstić information content (AvgIpc) is 2.54. The number of aliphatic hydroxyl groups is 1. The molecule has 22 heavy (non-hydrogen) atoms. The number of aromatic nitrogens is 1. The molecule has 0 radical (unpaired) electrons. The molecule has 0 fully saturated rings. The van der Waals surface area contributed by atoms with Crippen LogP contribution in [-0.2, 0) is 0 Å². The third kappa shape index (κ3) is 3.62. The van der Waals surface area contributed by atoms with E-state index in [4.69, 9.17) is 4.74 Å². The first-order chi connectivity index (χ1) is 10.5. The minimum atomic E-state index is -0.799. The van der Waals surface area contributed by atoms with E-state index in [0.717, 1.165) is 11.3 Å². The van der Waals surface area contributed by atoms with E-state index in [1.165, 1.54) is 0 Å². The topological polar surface area (TPSA) is 71.5 Å². The van der Waals surface area contributed by atoms with Crippen LogP contribution in [0.15, 0.2) is 42.6 Å². The van der Waals surface area contributed by atoms with Gasteiger partial charge in [-0.1, -0.05) is 12.1 Å². The Morgan fingerprint density at radius 2 is 1.95 bits per heavy atom. The molecule has 0 aliphatic rings. The summed E-state index contributed by atoms with van der Waals surface area (Å²) in [5.74, 6) is 0.476. The molecule has 0 aliphatic heterocycles. The summed E-state index contributed by atoms with van der Waals surface area (Å²) >= 11 is 0. The summed E-state index contributed by atoms with van der Waals surface area (Å²) in [6, 6.07) is 10.1. The number of methoxy groups -OCH3 is 1. The molecule has 2 N–H and O–H groups in total. The Labute approximate surface area is 130 Å². The molecule has 2 atom stereocenters. The van der Waals surface area contributed by atoms with Crippen molar-refractivity contribution in [2.24, 2.45) is 0 Å². The van der Waals surface area contributed by atoms with E-state index in [0.29, 0.717) is 11.3 Å². The van der Waals surface area contributed by atoms with Gasteiger partial charge in [-0.25, -0.2) is 0 Å². The van der Waals surface area contributed by atoms with Crippen molar-refractivity contribution in [2.75, 3.05) is 7.11 Å². The number of aliphatic hydroxyl groups excluding tert-OH is 1.